The number of aryl methyl sites for hydroxylation is 1. The number of nitrogens with zero attached hydrogens (tertiary/aromatic N) is 1. The first-order valence-corrected chi connectivity index (χ1v) is 5.56. The lowest BCUT2D eigenvalue weighted by Crippen LogP contribution is -2.07. The average molecular weight is 236 g/mol. The molecule has 4 heteroatoms. The maximum atomic E-state index is 5.84. The van der Waals surface area contributed by atoms with Gasteiger partial charge >= 0.3 is 0 Å². The Hall–Kier alpha value is -1.48. The second-order valence-corrected chi connectivity index (χ2v) is 4.27. The van der Waals surface area contributed by atoms with Gasteiger partial charge in [-0.25, -0.2) is 4.98 Å². The van der Waals surface area contributed by atoms with E-state index in [1.807, 2.05) is 31.2 Å². The quantitative estimate of drug-likeness (QED) is 0.854. The van der Waals surface area contributed by atoms with Crippen LogP contribution < -0.4 is 5.32 Å². The molecule has 1 heterocycles. The second-order valence-electron chi connectivity index (χ2n) is 3.83. The van der Waals surface area contributed by atoms with Gasteiger partial charge in [0.2, 0.25) is 5.95 Å². The third-order valence-corrected chi connectivity index (χ3v) is 2.68. The summed E-state index contributed by atoms with van der Waals surface area (Å²) >= 11 is 5.84. The smallest absolute Gasteiger partial charge is 0.200 e. The molecule has 0 saturated heterocycles. The van der Waals surface area contributed by atoms with Crippen LogP contribution in [0.5, 0.6) is 0 Å². The highest BCUT2D eigenvalue weighted by Crippen LogP contribution is 2.19. The predicted molar refractivity (Wildman–Crippen MR) is 66.8 cm³/mol. The summed E-state index contributed by atoms with van der Waals surface area (Å²) in [5.41, 5.74) is 2.23. The number of benzene rings is 1. The highest BCUT2D eigenvalue weighted by atomic mass is 35.5. The van der Waals surface area contributed by atoms with Crippen molar-refractivity contribution in [3.63, 3.8) is 0 Å². The predicted octanol–water partition coefficient (Wildman–Crippen LogP) is 3.54. The molecule has 2 aromatic rings. The van der Waals surface area contributed by atoms with E-state index in [2.05, 4.69) is 22.2 Å². The molecule has 0 amide bonds. The number of aromatic amines is 1. The monoisotopic (exact) mass is 235 g/mol. The number of imidazole rings is 1. The van der Waals surface area contributed by atoms with Crippen molar-refractivity contribution in [2.75, 3.05) is 5.32 Å². The van der Waals surface area contributed by atoms with E-state index in [1.54, 1.807) is 6.20 Å². The molecule has 1 aromatic heterocycles. The van der Waals surface area contributed by atoms with E-state index in [4.69, 9.17) is 11.6 Å². The van der Waals surface area contributed by atoms with Gasteiger partial charge in [-0.2, -0.15) is 0 Å². The maximum absolute atomic E-state index is 5.84. The van der Waals surface area contributed by atoms with Crippen LogP contribution in [0, 0.1) is 6.92 Å². The van der Waals surface area contributed by atoms with Gasteiger partial charge in [-0.15, -0.1) is 0 Å². The Morgan fingerprint density at radius 1 is 1.31 bits per heavy atom. The highest BCUT2D eigenvalue weighted by Gasteiger charge is 2.06. The van der Waals surface area contributed by atoms with Gasteiger partial charge in [0.1, 0.15) is 0 Å². The van der Waals surface area contributed by atoms with Crippen LogP contribution in [0.3, 0.4) is 0 Å². The SMILES string of the molecule is Cc1cnc(NC(C)c2ccc(Cl)cc2)[nH]1. The van der Waals surface area contributed by atoms with Crippen LogP contribution >= 0.6 is 11.6 Å². The van der Waals surface area contributed by atoms with Crippen molar-refractivity contribution in [3.05, 3.63) is 46.7 Å². The van der Waals surface area contributed by atoms with Crippen molar-refractivity contribution < 1.29 is 0 Å². The van der Waals surface area contributed by atoms with E-state index < -0.39 is 0 Å². The Balaban J connectivity index is 2.08. The average Bonchev–Trinajstić information content (AvgIpc) is 2.65. The van der Waals surface area contributed by atoms with Crippen LogP contribution in [-0.2, 0) is 0 Å². The van der Waals surface area contributed by atoms with Gasteiger partial charge in [0.15, 0.2) is 0 Å². The summed E-state index contributed by atoms with van der Waals surface area (Å²) in [6, 6.07) is 8.00. The van der Waals surface area contributed by atoms with Gasteiger partial charge in [-0.1, -0.05) is 23.7 Å². The molecule has 0 aliphatic heterocycles. The standard InChI is InChI=1S/C12H14ClN3/c1-8-7-14-12(15-8)16-9(2)10-3-5-11(13)6-4-10/h3-7,9H,1-2H3,(H2,14,15,16). The fourth-order valence-corrected chi connectivity index (χ4v) is 1.65. The van der Waals surface area contributed by atoms with Gasteiger partial charge in [-0.05, 0) is 31.5 Å². The fourth-order valence-electron chi connectivity index (χ4n) is 1.53. The van der Waals surface area contributed by atoms with Crippen LogP contribution in [0.1, 0.15) is 24.2 Å². The zero-order valence-electron chi connectivity index (χ0n) is 9.29. The van der Waals surface area contributed by atoms with Crippen molar-refractivity contribution >= 4 is 17.5 Å². The van der Waals surface area contributed by atoms with Gasteiger partial charge in [0.25, 0.3) is 0 Å². The summed E-state index contributed by atoms with van der Waals surface area (Å²) in [6.45, 7) is 4.06. The van der Waals surface area contributed by atoms with Crippen molar-refractivity contribution in [2.45, 2.75) is 19.9 Å². The zero-order chi connectivity index (χ0) is 11.5. The zero-order valence-corrected chi connectivity index (χ0v) is 10.0. The van der Waals surface area contributed by atoms with Crippen molar-refractivity contribution in [2.24, 2.45) is 0 Å². The van der Waals surface area contributed by atoms with E-state index in [0.717, 1.165) is 16.7 Å². The highest BCUT2D eigenvalue weighted by molar-refractivity contribution is 6.30. The van der Waals surface area contributed by atoms with Gasteiger partial charge < -0.3 is 10.3 Å². The minimum Gasteiger partial charge on any atom is -0.349 e. The van der Waals surface area contributed by atoms with E-state index in [1.165, 1.54) is 5.56 Å². The minimum atomic E-state index is 0.197. The summed E-state index contributed by atoms with van der Waals surface area (Å²) in [5, 5.41) is 4.04. The molecule has 1 aromatic carbocycles. The van der Waals surface area contributed by atoms with Crippen molar-refractivity contribution in [3.8, 4) is 0 Å². The molecule has 16 heavy (non-hydrogen) atoms. The van der Waals surface area contributed by atoms with Gasteiger partial charge in [0.05, 0.1) is 6.04 Å². The number of anilines is 1. The van der Waals surface area contributed by atoms with Crippen LogP contribution in [0.2, 0.25) is 5.02 Å². The molecule has 0 spiro atoms. The molecule has 3 nitrogen and oxygen atoms in total. The van der Waals surface area contributed by atoms with Crippen LogP contribution in [0.15, 0.2) is 30.5 Å². The second kappa shape index (κ2) is 4.58. The Morgan fingerprint density at radius 2 is 2.00 bits per heavy atom. The molecular weight excluding hydrogens is 222 g/mol. The van der Waals surface area contributed by atoms with Crippen LogP contribution in [0.25, 0.3) is 0 Å². The number of halogens is 1. The number of H-pyrrole nitrogens is 1. The Bertz CT molecular complexity index is 461. The number of hydrogen-bond donors (Lipinski definition) is 2. The molecule has 1 unspecified atom stereocenters. The van der Waals surface area contributed by atoms with E-state index in [9.17, 15) is 0 Å². The molecule has 0 fully saturated rings. The van der Waals surface area contributed by atoms with Crippen molar-refractivity contribution in [1.82, 2.24) is 9.97 Å². The first-order valence-electron chi connectivity index (χ1n) is 5.19. The topological polar surface area (TPSA) is 40.7 Å². The lowest BCUT2D eigenvalue weighted by atomic mass is 10.1. The minimum absolute atomic E-state index is 0.197. The molecule has 0 radical (unpaired) electrons. The number of hydrogen-bond acceptors (Lipinski definition) is 2. The molecule has 0 saturated carbocycles. The van der Waals surface area contributed by atoms with Crippen LogP contribution in [0.4, 0.5) is 5.95 Å². The summed E-state index contributed by atoms with van der Waals surface area (Å²) in [4.78, 5) is 7.35. The lowest BCUT2D eigenvalue weighted by Gasteiger charge is -2.13. The molecule has 2 rings (SSSR count). The van der Waals surface area contributed by atoms with E-state index in [-0.39, 0.29) is 6.04 Å². The summed E-state index contributed by atoms with van der Waals surface area (Å²) in [7, 11) is 0. The number of rotatable bonds is 3. The normalized spacial score (nSPS) is 12.4. The van der Waals surface area contributed by atoms with E-state index >= 15 is 0 Å². The molecule has 0 aliphatic rings. The number of nitrogens with one attached hydrogen (secondary N) is 2. The fraction of sp³-hybridized carbons (Fsp3) is 0.250. The third-order valence-electron chi connectivity index (χ3n) is 2.43. The number of aromatic nitrogens is 2. The van der Waals surface area contributed by atoms with E-state index in [0.29, 0.717) is 0 Å². The Morgan fingerprint density at radius 3 is 2.56 bits per heavy atom. The summed E-state index contributed by atoms with van der Waals surface area (Å²) in [5.74, 6) is 0.792. The molecule has 84 valence electrons. The summed E-state index contributed by atoms with van der Waals surface area (Å²) in [6.07, 6.45) is 1.80. The third kappa shape index (κ3) is 2.55. The van der Waals surface area contributed by atoms with Gasteiger partial charge in [0, 0.05) is 16.9 Å². The molecule has 2 N–H and O–H groups in total. The maximum Gasteiger partial charge on any atom is 0.200 e. The Kier molecular flexibility index (Phi) is 3.15. The Labute approximate surface area is 99.9 Å². The largest absolute Gasteiger partial charge is 0.349 e. The molecule has 0 aliphatic carbocycles. The molecule has 0 bridgehead atoms. The molecular formula is C12H14ClN3. The lowest BCUT2D eigenvalue weighted by molar-refractivity contribution is 0.867. The van der Waals surface area contributed by atoms with Crippen molar-refractivity contribution in [1.29, 1.82) is 0 Å². The van der Waals surface area contributed by atoms with Crippen LogP contribution in [-0.4, -0.2) is 9.97 Å². The summed E-state index contributed by atoms with van der Waals surface area (Å²) < 4.78 is 0. The first-order chi connectivity index (χ1) is 7.65. The van der Waals surface area contributed by atoms with Gasteiger partial charge in [-0.3, -0.25) is 0 Å². The first kappa shape index (κ1) is 11.0. The molecule has 1 atom stereocenters.